The van der Waals surface area contributed by atoms with Crippen LogP contribution in [-0.4, -0.2) is 6.54 Å². The van der Waals surface area contributed by atoms with Gasteiger partial charge in [-0.2, -0.15) is 0 Å². The second-order valence-electron chi connectivity index (χ2n) is 4.68. The van der Waals surface area contributed by atoms with E-state index in [2.05, 4.69) is 28.2 Å². The molecule has 1 rings (SSSR count). The molecule has 0 fully saturated rings. The molecule has 0 aliphatic carbocycles. The highest BCUT2D eigenvalue weighted by atomic mass is 79.9. The smallest absolute Gasteiger partial charge is 0.139 e. The Hall–Kier alpha value is -0.570. The highest BCUT2D eigenvalue weighted by Gasteiger charge is 1.99. The van der Waals surface area contributed by atoms with Gasteiger partial charge >= 0.3 is 0 Å². The Kier molecular flexibility index (Phi) is 8.06. The van der Waals surface area contributed by atoms with E-state index in [1.54, 1.807) is 6.07 Å². The van der Waals surface area contributed by atoms with Crippen LogP contribution in [0.3, 0.4) is 0 Å². The normalized spacial score (nSPS) is 10.6. The van der Waals surface area contributed by atoms with Gasteiger partial charge in [0.25, 0.3) is 0 Å². The molecule has 18 heavy (non-hydrogen) atoms. The molecule has 0 saturated carbocycles. The average molecular weight is 316 g/mol. The van der Waals surface area contributed by atoms with E-state index in [0.29, 0.717) is 4.47 Å². The first kappa shape index (κ1) is 15.5. The largest absolute Gasteiger partial charge is 0.385 e. The van der Waals surface area contributed by atoms with Gasteiger partial charge in [0.05, 0.1) is 4.47 Å². The molecule has 1 aromatic rings. The highest BCUT2D eigenvalue weighted by Crippen LogP contribution is 2.19. The zero-order valence-corrected chi connectivity index (χ0v) is 12.7. The maximum absolute atomic E-state index is 13.2. The van der Waals surface area contributed by atoms with E-state index >= 15 is 0 Å². The summed E-state index contributed by atoms with van der Waals surface area (Å²) in [5.74, 6) is -0.209. The number of hydrogen-bond acceptors (Lipinski definition) is 1. The minimum Gasteiger partial charge on any atom is -0.385 e. The predicted octanol–water partition coefficient (Wildman–Crippen LogP) is 5.75. The van der Waals surface area contributed by atoms with Crippen LogP contribution in [0.25, 0.3) is 0 Å². The summed E-state index contributed by atoms with van der Waals surface area (Å²) in [5.41, 5.74) is 0.863. The number of anilines is 1. The van der Waals surface area contributed by atoms with Crippen molar-refractivity contribution < 1.29 is 4.39 Å². The summed E-state index contributed by atoms with van der Waals surface area (Å²) in [4.78, 5) is 0. The minimum absolute atomic E-state index is 0.209. The Bertz CT molecular complexity index is 341. The van der Waals surface area contributed by atoms with Crippen molar-refractivity contribution >= 4 is 21.6 Å². The molecule has 3 heteroatoms. The lowest BCUT2D eigenvalue weighted by molar-refractivity contribution is 0.596. The summed E-state index contributed by atoms with van der Waals surface area (Å²) < 4.78 is 13.8. The van der Waals surface area contributed by atoms with Gasteiger partial charge < -0.3 is 5.32 Å². The SMILES string of the molecule is CCCCCCCCCNc1ccc(Br)c(F)c1. The van der Waals surface area contributed by atoms with Crippen molar-refractivity contribution in [3.63, 3.8) is 0 Å². The number of nitrogens with one attached hydrogen (secondary N) is 1. The molecule has 1 aromatic carbocycles. The number of halogens is 2. The van der Waals surface area contributed by atoms with Crippen LogP contribution in [0.15, 0.2) is 22.7 Å². The third-order valence-electron chi connectivity index (χ3n) is 3.03. The van der Waals surface area contributed by atoms with Crippen molar-refractivity contribution in [2.75, 3.05) is 11.9 Å². The van der Waals surface area contributed by atoms with Gasteiger partial charge in [0, 0.05) is 12.2 Å². The van der Waals surface area contributed by atoms with E-state index in [1.165, 1.54) is 44.6 Å². The van der Waals surface area contributed by atoms with Crippen molar-refractivity contribution in [3.05, 3.63) is 28.5 Å². The van der Waals surface area contributed by atoms with Crippen molar-refractivity contribution in [2.45, 2.75) is 51.9 Å². The van der Waals surface area contributed by atoms with Crippen LogP contribution in [0.4, 0.5) is 10.1 Å². The van der Waals surface area contributed by atoms with E-state index in [1.807, 2.05) is 6.07 Å². The van der Waals surface area contributed by atoms with Crippen molar-refractivity contribution in [2.24, 2.45) is 0 Å². The summed E-state index contributed by atoms with van der Waals surface area (Å²) in [6.07, 6.45) is 9.10. The van der Waals surface area contributed by atoms with E-state index in [0.717, 1.165) is 18.7 Å². The maximum atomic E-state index is 13.2. The highest BCUT2D eigenvalue weighted by molar-refractivity contribution is 9.10. The molecule has 0 aromatic heterocycles. The first-order valence-electron chi connectivity index (χ1n) is 6.93. The molecule has 0 amide bonds. The van der Waals surface area contributed by atoms with Crippen LogP contribution >= 0.6 is 15.9 Å². The summed E-state index contributed by atoms with van der Waals surface area (Å²) in [7, 11) is 0. The molecule has 0 bridgehead atoms. The van der Waals surface area contributed by atoms with Gasteiger partial charge in [0.15, 0.2) is 0 Å². The fourth-order valence-corrected chi connectivity index (χ4v) is 2.17. The molecule has 102 valence electrons. The Morgan fingerprint density at radius 2 is 1.72 bits per heavy atom. The zero-order valence-electron chi connectivity index (χ0n) is 11.1. The Morgan fingerprint density at radius 3 is 2.39 bits per heavy atom. The lowest BCUT2D eigenvalue weighted by atomic mass is 10.1. The lowest BCUT2D eigenvalue weighted by Gasteiger charge is -2.07. The Morgan fingerprint density at radius 1 is 1.06 bits per heavy atom. The quantitative estimate of drug-likeness (QED) is 0.572. The molecule has 0 aliphatic rings. The van der Waals surface area contributed by atoms with Gasteiger partial charge in [0.2, 0.25) is 0 Å². The van der Waals surface area contributed by atoms with E-state index in [9.17, 15) is 4.39 Å². The molecule has 0 radical (unpaired) electrons. The van der Waals surface area contributed by atoms with Crippen LogP contribution in [0, 0.1) is 5.82 Å². The minimum atomic E-state index is -0.209. The number of unbranched alkanes of at least 4 members (excludes halogenated alkanes) is 6. The van der Waals surface area contributed by atoms with Crippen LogP contribution in [0.2, 0.25) is 0 Å². The molecular formula is C15H23BrFN. The van der Waals surface area contributed by atoms with E-state index in [4.69, 9.17) is 0 Å². The molecule has 1 nitrogen and oxygen atoms in total. The predicted molar refractivity (Wildman–Crippen MR) is 80.6 cm³/mol. The second-order valence-corrected chi connectivity index (χ2v) is 5.53. The van der Waals surface area contributed by atoms with Gasteiger partial charge in [-0.15, -0.1) is 0 Å². The van der Waals surface area contributed by atoms with E-state index in [-0.39, 0.29) is 5.82 Å². The van der Waals surface area contributed by atoms with Crippen LogP contribution in [0.5, 0.6) is 0 Å². The molecule has 0 spiro atoms. The van der Waals surface area contributed by atoms with E-state index < -0.39 is 0 Å². The molecule has 0 unspecified atom stereocenters. The molecule has 0 aliphatic heterocycles. The monoisotopic (exact) mass is 315 g/mol. The third-order valence-corrected chi connectivity index (χ3v) is 3.67. The fraction of sp³-hybridized carbons (Fsp3) is 0.600. The van der Waals surface area contributed by atoms with Crippen LogP contribution < -0.4 is 5.32 Å². The van der Waals surface area contributed by atoms with Gasteiger partial charge in [-0.05, 0) is 40.5 Å². The number of benzene rings is 1. The van der Waals surface area contributed by atoms with Crippen molar-refractivity contribution in [1.82, 2.24) is 0 Å². The maximum Gasteiger partial charge on any atom is 0.139 e. The topological polar surface area (TPSA) is 12.0 Å². The average Bonchev–Trinajstić information content (AvgIpc) is 2.37. The fourth-order valence-electron chi connectivity index (χ4n) is 1.92. The Labute approximate surface area is 118 Å². The zero-order chi connectivity index (χ0) is 13.2. The molecule has 0 heterocycles. The standard InChI is InChI=1S/C15H23BrFN/c1-2-3-4-5-6-7-8-11-18-13-9-10-14(16)15(17)12-13/h9-10,12,18H,2-8,11H2,1H3. The van der Waals surface area contributed by atoms with Gasteiger partial charge in [0.1, 0.15) is 5.82 Å². The summed E-state index contributed by atoms with van der Waals surface area (Å²) in [6, 6.07) is 5.17. The number of rotatable bonds is 9. The molecular weight excluding hydrogens is 293 g/mol. The van der Waals surface area contributed by atoms with Gasteiger partial charge in [-0.3, -0.25) is 0 Å². The summed E-state index contributed by atoms with van der Waals surface area (Å²) in [5, 5.41) is 3.25. The van der Waals surface area contributed by atoms with Crippen LogP contribution in [0.1, 0.15) is 51.9 Å². The first-order chi connectivity index (χ1) is 8.74. The lowest BCUT2D eigenvalue weighted by Crippen LogP contribution is -2.01. The summed E-state index contributed by atoms with van der Waals surface area (Å²) >= 11 is 3.15. The molecule has 0 atom stereocenters. The van der Waals surface area contributed by atoms with Crippen LogP contribution in [-0.2, 0) is 0 Å². The first-order valence-corrected chi connectivity index (χ1v) is 7.72. The summed E-state index contributed by atoms with van der Waals surface area (Å²) in [6.45, 7) is 3.16. The van der Waals surface area contributed by atoms with Crippen molar-refractivity contribution in [1.29, 1.82) is 0 Å². The number of hydrogen-bond donors (Lipinski definition) is 1. The second kappa shape index (κ2) is 9.37. The van der Waals surface area contributed by atoms with Gasteiger partial charge in [-0.25, -0.2) is 4.39 Å². The van der Waals surface area contributed by atoms with Crippen molar-refractivity contribution in [3.8, 4) is 0 Å². The molecule has 0 saturated heterocycles. The third kappa shape index (κ3) is 6.39. The van der Waals surface area contributed by atoms with Gasteiger partial charge in [-0.1, -0.05) is 45.4 Å². The Balaban J connectivity index is 2.05. The molecule has 1 N–H and O–H groups in total.